The van der Waals surface area contributed by atoms with E-state index in [1.54, 1.807) is 31.3 Å². The summed E-state index contributed by atoms with van der Waals surface area (Å²) >= 11 is 6.08. The molecule has 1 aromatic heterocycles. The molecule has 8 heteroatoms. The van der Waals surface area contributed by atoms with E-state index < -0.39 is 0 Å². The molecule has 7 nitrogen and oxygen atoms in total. The number of hydrogen-bond acceptors (Lipinski definition) is 6. The molecule has 2 heterocycles. The number of benzene rings is 1. The van der Waals surface area contributed by atoms with Crippen molar-refractivity contribution in [2.75, 3.05) is 43.6 Å². The van der Waals surface area contributed by atoms with E-state index in [4.69, 9.17) is 21.1 Å². The number of rotatable bonds is 4. The summed E-state index contributed by atoms with van der Waals surface area (Å²) in [5.74, 6) is 0.881. The first kappa shape index (κ1) is 17.4. The number of morpholine rings is 1. The van der Waals surface area contributed by atoms with Crippen LogP contribution >= 0.6 is 11.6 Å². The second-order valence-corrected chi connectivity index (χ2v) is 5.98. The Kier molecular flexibility index (Phi) is 5.35. The van der Waals surface area contributed by atoms with Crippen molar-refractivity contribution in [2.45, 2.75) is 6.92 Å². The van der Waals surface area contributed by atoms with Gasteiger partial charge in [0.1, 0.15) is 5.75 Å². The van der Waals surface area contributed by atoms with Crippen molar-refractivity contribution >= 4 is 29.1 Å². The molecule has 1 N–H and O–H groups in total. The summed E-state index contributed by atoms with van der Waals surface area (Å²) in [6, 6.07) is 5.06. The van der Waals surface area contributed by atoms with Gasteiger partial charge in [-0.05, 0) is 25.1 Å². The monoisotopic (exact) mass is 362 g/mol. The van der Waals surface area contributed by atoms with Crippen molar-refractivity contribution in [3.63, 3.8) is 0 Å². The molecular weight excluding hydrogens is 344 g/mol. The predicted octanol–water partition coefficient (Wildman–Crippen LogP) is 2.54. The van der Waals surface area contributed by atoms with Gasteiger partial charge in [0.05, 0.1) is 36.6 Å². The van der Waals surface area contributed by atoms with E-state index in [2.05, 4.69) is 15.3 Å². The maximum Gasteiger partial charge on any atom is 0.259 e. The Morgan fingerprint density at radius 3 is 2.76 bits per heavy atom. The molecule has 132 valence electrons. The minimum atomic E-state index is -0.285. The Hall–Kier alpha value is -2.38. The minimum absolute atomic E-state index is 0.285. The van der Waals surface area contributed by atoms with Gasteiger partial charge in [-0.2, -0.15) is 0 Å². The lowest BCUT2D eigenvalue weighted by Gasteiger charge is -2.27. The standard InChI is InChI=1S/C17H19ClN4O3/c1-11-13(10-19-17(20-11)22-5-7-25-8-6-22)16(23)21-12-3-4-15(24-2)14(18)9-12/h3-4,9-10H,5-8H2,1-2H3,(H,21,23). The van der Waals surface area contributed by atoms with E-state index >= 15 is 0 Å². The molecule has 0 unspecified atom stereocenters. The number of anilines is 2. The normalized spacial score (nSPS) is 14.3. The molecule has 0 bridgehead atoms. The number of ether oxygens (including phenoxy) is 2. The van der Waals surface area contributed by atoms with Crippen molar-refractivity contribution in [3.05, 3.63) is 40.7 Å². The van der Waals surface area contributed by atoms with Crippen molar-refractivity contribution in [1.29, 1.82) is 0 Å². The molecule has 1 aromatic carbocycles. The molecular formula is C17H19ClN4O3. The fourth-order valence-electron chi connectivity index (χ4n) is 2.54. The first-order chi connectivity index (χ1) is 12.1. The van der Waals surface area contributed by atoms with Crippen LogP contribution in [0.15, 0.2) is 24.4 Å². The van der Waals surface area contributed by atoms with E-state index in [0.29, 0.717) is 46.9 Å². The first-order valence-electron chi connectivity index (χ1n) is 7.89. The topological polar surface area (TPSA) is 76.6 Å². The van der Waals surface area contributed by atoms with Crippen molar-refractivity contribution < 1.29 is 14.3 Å². The number of aryl methyl sites for hydroxylation is 1. The van der Waals surface area contributed by atoms with Crippen LogP contribution in [0.4, 0.5) is 11.6 Å². The van der Waals surface area contributed by atoms with Crippen molar-refractivity contribution in [3.8, 4) is 5.75 Å². The lowest BCUT2D eigenvalue weighted by molar-refractivity contribution is 0.102. The molecule has 2 aromatic rings. The smallest absolute Gasteiger partial charge is 0.259 e. The number of hydrogen-bond donors (Lipinski definition) is 1. The number of nitrogens with zero attached hydrogens (tertiary/aromatic N) is 3. The number of halogens is 1. The SMILES string of the molecule is COc1ccc(NC(=O)c2cnc(N3CCOCC3)nc2C)cc1Cl. The number of amides is 1. The molecule has 1 aliphatic heterocycles. The molecule has 0 radical (unpaired) electrons. The van der Waals surface area contributed by atoms with Gasteiger partial charge in [0.25, 0.3) is 5.91 Å². The molecule has 3 rings (SSSR count). The lowest BCUT2D eigenvalue weighted by Crippen LogP contribution is -2.37. The molecule has 25 heavy (non-hydrogen) atoms. The molecule has 0 atom stereocenters. The number of nitrogens with one attached hydrogen (secondary N) is 1. The van der Waals surface area contributed by atoms with Crippen LogP contribution in [0.1, 0.15) is 16.1 Å². The molecule has 0 aliphatic carbocycles. The number of methoxy groups -OCH3 is 1. The van der Waals surface area contributed by atoms with Crippen LogP contribution in [-0.4, -0.2) is 49.3 Å². The van der Waals surface area contributed by atoms with Crippen molar-refractivity contribution in [1.82, 2.24) is 9.97 Å². The van der Waals surface area contributed by atoms with Crippen LogP contribution in [0.5, 0.6) is 5.75 Å². The summed E-state index contributed by atoms with van der Waals surface area (Å²) in [4.78, 5) is 23.3. The summed E-state index contributed by atoms with van der Waals surface area (Å²) in [5.41, 5.74) is 1.62. The van der Waals surface area contributed by atoms with Gasteiger partial charge in [0, 0.05) is 25.0 Å². The summed E-state index contributed by atoms with van der Waals surface area (Å²) < 4.78 is 10.4. The summed E-state index contributed by atoms with van der Waals surface area (Å²) in [7, 11) is 1.54. The third-order valence-corrected chi connectivity index (χ3v) is 4.21. The molecule has 1 saturated heterocycles. The zero-order valence-corrected chi connectivity index (χ0v) is 14.8. The second kappa shape index (κ2) is 7.67. The zero-order valence-electron chi connectivity index (χ0n) is 14.1. The number of carbonyl (C=O) groups is 1. The van der Waals surface area contributed by atoms with Gasteiger partial charge in [0.2, 0.25) is 5.95 Å². The highest BCUT2D eigenvalue weighted by atomic mass is 35.5. The average molecular weight is 363 g/mol. The maximum atomic E-state index is 12.5. The minimum Gasteiger partial charge on any atom is -0.495 e. The van der Waals surface area contributed by atoms with Crippen LogP contribution in [0.3, 0.4) is 0 Å². The summed E-state index contributed by atoms with van der Waals surface area (Å²) in [6.07, 6.45) is 1.55. The Balaban J connectivity index is 1.74. The van der Waals surface area contributed by atoms with Gasteiger partial charge >= 0.3 is 0 Å². The lowest BCUT2D eigenvalue weighted by atomic mass is 10.2. The van der Waals surface area contributed by atoms with Crippen LogP contribution < -0.4 is 15.0 Å². The Morgan fingerprint density at radius 2 is 2.12 bits per heavy atom. The summed E-state index contributed by atoms with van der Waals surface area (Å²) in [6.45, 7) is 4.60. The molecule has 1 amide bonds. The number of carbonyl (C=O) groups excluding carboxylic acids is 1. The Bertz CT molecular complexity index is 778. The third kappa shape index (κ3) is 4.00. The highest BCUT2D eigenvalue weighted by Crippen LogP contribution is 2.27. The fraction of sp³-hybridized carbons (Fsp3) is 0.353. The highest BCUT2D eigenvalue weighted by Gasteiger charge is 2.17. The zero-order chi connectivity index (χ0) is 17.8. The van der Waals surface area contributed by atoms with Crippen molar-refractivity contribution in [2.24, 2.45) is 0 Å². The average Bonchev–Trinajstić information content (AvgIpc) is 2.62. The van der Waals surface area contributed by atoms with E-state index in [0.717, 1.165) is 13.1 Å². The van der Waals surface area contributed by atoms with Gasteiger partial charge in [0.15, 0.2) is 0 Å². The van der Waals surface area contributed by atoms with Gasteiger partial charge in [-0.25, -0.2) is 9.97 Å². The fourth-order valence-corrected chi connectivity index (χ4v) is 2.79. The highest BCUT2D eigenvalue weighted by molar-refractivity contribution is 6.32. The van der Waals surface area contributed by atoms with Crippen LogP contribution in [0.25, 0.3) is 0 Å². The van der Waals surface area contributed by atoms with Gasteiger partial charge in [-0.1, -0.05) is 11.6 Å². The van der Waals surface area contributed by atoms with E-state index in [-0.39, 0.29) is 5.91 Å². The van der Waals surface area contributed by atoms with Gasteiger partial charge in [-0.3, -0.25) is 4.79 Å². The van der Waals surface area contributed by atoms with Gasteiger partial charge < -0.3 is 19.7 Å². The summed E-state index contributed by atoms with van der Waals surface area (Å²) in [5, 5.41) is 3.22. The quantitative estimate of drug-likeness (QED) is 0.900. The van der Waals surface area contributed by atoms with Crippen LogP contribution in [0.2, 0.25) is 5.02 Å². The molecule has 1 aliphatic rings. The number of aromatic nitrogens is 2. The van der Waals surface area contributed by atoms with Crippen LogP contribution in [-0.2, 0) is 4.74 Å². The molecule has 0 spiro atoms. The van der Waals surface area contributed by atoms with Crippen LogP contribution in [0, 0.1) is 6.92 Å². The molecule has 1 fully saturated rings. The first-order valence-corrected chi connectivity index (χ1v) is 8.27. The Labute approximate surface area is 150 Å². The van der Waals surface area contributed by atoms with E-state index in [9.17, 15) is 4.79 Å². The second-order valence-electron chi connectivity index (χ2n) is 5.57. The molecule has 0 saturated carbocycles. The maximum absolute atomic E-state index is 12.5. The third-order valence-electron chi connectivity index (χ3n) is 3.91. The van der Waals surface area contributed by atoms with Gasteiger partial charge in [-0.15, -0.1) is 0 Å². The predicted molar refractivity (Wildman–Crippen MR) is 95.8 cm³/mol. The van der Waals surface area contributed by atoms with E-state index in [1.165, 1.54) is 7.11 Å². The Morgan fingerprint density at radius 1 is 1.36 bits per heavy atom. The largest absolute Gasteiger partial charge is 0.495 e. The van der Waals surface area contributed by atoms with E-state index in [1.807, 2.05) is 4.90 Å².